The Morgan fingerprint density at radius 2 is 2.12 bits per heavy atom. The number of hydrogen-bond acceptors (Lipinski definition) is 6. The van der Waals surface area contributed by atoms with Crippen LogP contribution in [-0.4, -0.2) is 63.0 Å². The number of aromatic nitrogens is 3. The number of rotatable bonds is 4. The van der Waals surface area contributed by atoms with E-state index in [2.05, 4.69) is 43.6 Å². The van der Waals surface area contributed by atoms with E-state index in [0.717, 1.165) is 55.6 Å². The molecule has 0 spiro atoms. The SMILES string of the molecule is COc1ccc(CN2CCn3c(nnc3[C@@H]3C[C@@H](O)CN3C)C2)cc1C. The van der Waals surface area contributed by atoms with Crippen LogP contribution in [0.5, 0.6) is 5.75 Å². The molecule has 1 fully saturated rings. The molecule has 1 saturated heterocycles. The quantitative estimate of drug-likeness (QED) is 0.891. The number of aliphatic hydroxyl groups is 1. The largest absolute Gasteiger partial charge is 0.496 e. The van der Waals surface area contributed by atoms with Gasteiger partial charge in [-0.3, -0.25) is 9.80 Å². The molecular formula is C19H27N5O2. The van der Waals surface area contributed by atoms with Crippen LogP contribution in [0.2, 0.25) is 0 Å². The van der Waals surface area contributed by atoms with Gasteiger partial charge in [0.1, 0.15) is 11.6 Å². The summed E-state index contributed by atoms with van der Waals surface area (Å²) in [5, 5.41) is 18.8. The van der Waals surface area contributed by atoms with Gasteiger partial charge >= 0.3 is 0 Å². The van der Waals surface area contributed by atoms with Gasteiger partial charge in [-0.2, -0.15) is 0 Å². The molecule has 4 rings (SSSR count). The number of β-amino-alcohol motifs (C(OH)–C–C–N with tert-alkyl or cyclic N) is 1. The topological polar surface area (TPSA) is 66.6 Å². The van der Waals surface area contributed by atoms with Gasteiger partial charge < -0.3 is 14.4 Å². The van der Waals surface area contributed by atoms with Crippen LogP contribution in [0.1, 0.15) is 35.2 Å². The fourth-order valence-corrected chi connectivity index (χ4v) is 4.18. The first kappa shape index (κ1) is 17.5. The van der Waals surface area contributed by atoms with Gasteiger partial charge in [0.05, 0.1) is 25.8 Å². The lowest BCUT2D eigenvalue weighted by atomic mass is 10.1. The van der Waals surface area contributed by atoms with Gasteiger partial charge in [-0.25, -0.2) is 0 Å². The van der Waals surface area contributed by atoms with Crippen molar-refractivity contribution in [3.05, 3.63) is 41.0 Å². The van der Waals surface area contributed by atoms with E-state index in [9.17, 15) is 5.11 Å². The maximum atomic E-state index is 9.92. The summed E-state index contributed by atoms with van der Waals surface area (Å²) >= 11 is 0. The second-order valence-electron chi connectivity index (χ2n) is 7.49. The summed E-state index contributed by atoms with van der Waals surface area (Å²) in [6.07, 6.45) is 0.472. The Hall–Kier alpha value is -1.96. The summed E-state index contributed by atoms with van der Waals surface area (Å²) in [5.74, 6) is 2.95. The number of likely N-dealkylation sites (tertiary alicyclic amines) is 1. The Morgan fingerprint density at radius 1 is 1.27 bits per heavy atom. The Balaban J connectivity index is 1.46. The molecule has 0 aliphatic carbocycles. The van der Waals surface area contributed by atoms with Crippen molar-refractivity contribution in [3.8, 4) is 5.75 Å². The molecule has 2 aliphatic rings. The molecule has 0 amide bonds. The highest BCUT2D eigenvalue weighted by Gasteiger charge is 2.34. The lowest BCUT2D eigenvalue weighted by Gasteiger charge is -2.29. The molecule has 26 heavy (non-hydrogen) atoms. The summed E-state index contributed by atoms with van der Waals surface area (Å²) in [6, 6.07) is 6.53. The summed E-state index contributed by atoms with van der Waals surface area (Å²) in [6.45, 7) is 6.35. The first-order valence-electron chi connectivity index (χ1n) is 9.21. The first-order chi connectivity index (χ1) is 12.5. The smallest absolute Gasteiger partial charge is 0.150 e. The van der Waals surface area contributed by atoms with Crippen LogP contribution in [-0.2, 0) is 19.6 Å². The standard InChI is InChI=1S/C19H27N5O2/c1-13-8-14(4-5-17(13)26-3)10-23-6-7-24-18(12-23)20-21-19(24)16-9-15(25)11-22(16)2/h4-5,8,15-16,25H,6-7,9-12H2,1-3H3/t15-,16+/m1/s1. The minimum atomic E-state index is -0.267. The molecule has 0 bridgehead atoms. The van der Waals surface area contributed by atoms with Crippen molar-refractivity contribution in [2.24, 2.45) is 0 Å². The van der Waals surface area contributed by atoms with Crippen LogP contribution in [0.25, 0.3) is 0 Å². The average Bonchev–Trinajstić information content (AvgIpc) is 3.17. The average molecular weight is 357 g/mol. The van der Waals surface area contributed by atoms with Crippen molar-refractivity contribution < 1.29 is 9.84 Å². The zero-order valence-corrected chi connectivity index (χ0v) is 15.7. The molecule has 0 radical (unpaired) electrons. The van der Waals surface area contributed by atoms with Crippen LogP contribution >= 0.6 is 0 Å². The number of likely N-dealkylation sites (N-methyl/N-ethyl adjacent to an activating group) is 1. The Morgan fingerprint density at radius 3 is 2.81 bits per heavy atom. The van der Waals surface area contributed by atoms with Gasteiger partial charge in [-0.05, 0) is 37.6 Å². The second-order valence-corrected chi connectivity index (χ2v) is 7.49. The Kier molecular flexibility index (Phi) is 4.69. The zero-order valence-electron chi connectivity index (χ0n) is 15.7. The van der Waals surface area contributed by atoms with Gasteiger partial charge in [0, 0.05) is 26.2 Å². The fourth-order valence-electron chi connectivity index (χ4n) is 4.18. The number of aryl methyl sites for hydroxylation is 1. The van der Waals surface area contributed by atoms with Gasteiger partial charge in [0.15, 0.2) is 5.82 Å². The van der Waals surface area contributed by atoms with Gasteiger partial charge in [-0.15, -0.1) is 10.2 Å². The second kappa shape index (κ2) is 6.98. The highest BCUT2D eigenvalue weighted by Crippen LogP contribution is 2.31. The monoisotopic (exact) mass is 357 g/mol. The maximum absolute atomic E-state index is 9.92. The van der Waals surface area contributed by atoms with Crippen LogP contribution in [0.3, 0.4) is 0 Å². The van der Waals surface area contributed by atoms with Crippen molar-refractivity contribution in [1.29, 1.82) is 0 Å². The summed E-state index contributed by atoms with van der Waals surface area (Å²) < 4.78 is 7.59. The molecule has 2 aromatic rings. The summed E-state index contributed by atoms with van der Waals surface area (Å²) in [7, 11) is 3.75. The number of methoxy groups -OCH3 is 1. The lowest BCUT2D eigenvalue weighted by molar-refractivity contribution is 0.182. The first-order valence-corrected chi connectivity index (χ1v) is 9.21. The fraction of sp³-hybridized carbons (Fsp3) is 0.579. The van der Waals surface area contributed by atoms with Gasteiger partial charge in [-0.1, -0.05) is 12.1 Å². The third-order valence-electron chi connectivity index (χ3n) is 5.55. The molecule has 1 aromatic heterocycles. The van der Waals surface area contributed by atoms with Gasteiger partial charge in [0.25, 0.3) is 0 Å². The lowest BCUT2D eigenvalue weighted by Crippen LogP contribution is -2.35. The Bertz CT molecular complexity index is 790. The number of ether oxygens (including phenoxy) is 1. The number of nitrogens with zero attached hydrogens (tertiary/aromatic N) is 5. The van der Waals surface area contributed by atoms with Crippen LogP contribution in [0.4, 0.5) is 0 Å². The number of aliphatic hydroxyl groups excluding tert-OH is 1. The predicted molar refractivity (Wildman–Crippen MR) is 97.9 cm³/mol. The number of hydrogen-bond donors (Lipinski definition) is 1. The minimum Gasteiger partial charge on any atom is -0.496 e. The highest BCUT2D eigenvalue weighted by molar-refractivity contribution is 5.36. The molecule has 2 aliphatic heterocycles. The van der Waals surface area contributed by atoms with E-state index in [1.165, 1.54) is 5.56 Å². The van der Waals surface area contributed by atoms with E-state index in [0.29, 0.717) is 6.54 Å². The molecular weight excluding hydrogens is 330 g/mol. The van der Waals surface area contributed by atoms with E-state index in [1.807, 2.05) is 13.1 Å². The minimum absolute atomic E-state index is 0.169. The number of fused-ring (bicyclic) bond motifs is 1. The number of benzene rings is 1. The van der Waals surface area contributed by atoms with Crippen molar-refractivity contribution in [2.75, 3.05) is 27.2 Å². The van der Waals surface area contributed by atoms with E-state index >= 15 is 0 Å². The molecule has 1 N–H and O–H groups in total. The molecule has 2 atom stereocenters. The van der Waals surface area contributed by atoms with Gasteiger partial charge in [0.2, 0.25) is 0 Å². The zero-order chi connectivity index (χ0) is 18.3. The molecule has 0 saturated carbocycles. The summed E-state index contributed by atoms with van der Waals surface area (Å²) in [4.78, 5) is 4.58. The van der Waals surface area contributed by atoms with E-state index in [-0.39, 0.29) is 12.1 Å². The summed E-state index contributed by atoms with van der Waals surface area (Å²) in [5.41, 5.74) is 2.45. The molecule has 140 valence electrons. The maximum Gasteiger partial charge on any atom is 0.150 e. The van der Waals surface area contributed by atoms with Crippen LogP contribution in [0.15, 0.2) is 18.2 Å². The van der Waals surface area contributed by atoms with Crippen LogP contribution < -0.4 is 4.74 Å². The van der Waals surface area contributed by atoms with Crippen molar-refractivity contribution in [2.45, 2.75) is 45.1 Å². The molecule has 0 unspecified atom stereocenters. The van der Waals surface area contributed by atoms with E-state index in [4.69, 9.17) is 4.74 Å². The van der Waals surface area contributed by atoms with Crippen molar-refractivity contribution >= 4 is 0 Å². The molecule has 7 nitrogen and oxygen atoms in total. The molecule has 3 heterocycles. The van der Waals surface area contributed by atoms with Crippen LogP contribution in [0, 0.1) is 6.92 Å². The Labute approximate surface area is 154 Å². The van der Waals surface area contributed by atoms with Crippen molar-refractivity contribution in [3.63, 3.8) is 0 Å². The highest BCUT2D eigenvalue weighted by atomic mass is 16.5. The normalized spacial score (nSPS) is 24.0. The van der Waals surface area contributed by atoms with Crippen molar-refractivity contribution in [1.82, 2.24) is 24.6 Å². The predicted octanol–water partition coefficient (Wildman–Crippen LogP) is 1.35. The molecule has 7 heteroatoms. The molecule has 1 aromatic carbocycles. The third-order valence-corrected chi connectivity index (χ3v) is 5.55. The van der Waals surface area contributed by atoms with E-state index in [1.54, 1.807) is 7.11 Å². The van der Waals surface area contributed by atoms with E-state index < -0.39 is 0 Å². The third kappa shape index (κ3) is 3.22.